The SMILES string of the molecule is Cc1ccc(C(=O)O[C@H](C)C(=O)N2CCCCC2)cc1S(=O)(=O)N1CCOCC1. The van der Waals surface area contributed by atoms with Crippen LogP contribution in [-0.4, -0.2) is 75.0 Å². The largest absolute Gasteiger partial charge is 0.449 e. The van der Waals surface area contributed by atoms with Crippen LogP contribution in [0.5, 0.6) is 0 Å². The molecule has 0 bridgehead atoms. The van der Waals surface area contributed by atoms with Crippen LogP contribution in [-0.2, 0) is 24.3 Å². The third kappa shape index (κ3) is 4.96. The second-order valence-electron chi connectivity index (χ2n) is 7.43. The van der Waals surface area contributed by atoms with Gasteiger partial charge in [-0.2, -0.15) is 4.31 Å². The van der Waals surface area contributed by atoms with E-state index in [9.17, 15) is 18.0 Å². The summed E-state index contributed by atoms with van der Waals surface area (Å²) in [5, 5.41) is 0. The number of benzene rings is 1. The van der Waals surface area contributed by atoms with Crippen molar-refractivity contribution < 1.29 is 27.5 Å². The van der Waals surface area contributed by atoms with Crippen LogP contribution in [0.1, 0.15) is 42.1 Å². The van der Waals surface area contributed by atoms with Gasteiger partial charge in [0.05, 0.1) is 23.7 Å². The van der Waals surface area contributed by atoms with E-state index in [4.69, 9.17) is 9.47 Å². The monoisotopic (exact) mass is 424 g/mol. The first kappa shape index (κ1) is 21.7. The lowest BCUT2D eigenvalue weighted by Crippen LogP contribution is -2.42. The van der Waals surface area contributed by atoms with Crippen molar-refractivity contribution in [1.29, 1.82) is 0 Å². The molecule has 160 valence electrons. The molecule has 0 unspecified atom stereocenters. The fourth-order valence-electron chi connectivity index (χ4n) is 3.58. The molecule has 8 nitrogen and oxygen atoms in total. The number of hydrogen-bond donors (Lipinski definition) is 0. The van der Waals surface area contributed by atoms with E-state index < -0.39 is 22.1 Å². The van der Waals surface area contributed by atoms with Crippen molar-refractivity contribution in [3.8, 4) is 0 Å². The minimum absolute atomic E-state index is 0.0730. The van der Waals surface area contributed by atoms with Gasteiger partial charge in [0.2, 0.25) is 10.0 Å². The average Bonchev–Trinajstić information content (AvgIpc) is 2.74. The van der Waals surface area contributed by atoms with Gasteiger partial charge in [0, 0.05) is 26.2 Å². The Kier molecular flexibility index (Phi) is 6.92. The van der Waals surface area contributed by atoms with Gasteiger partial charge < -0.3 is 14.4 Å². The predicted octanol–water partition coefficient (Wildman–Crippen LogP) is 1.57. The standard InChI is InChI=1S/C20H28N2O6S/c1-15-6-7-17(14-18(15)29(25,26)22-10-12-27-13-11-22)20(24)28-16(2)19(23)21-8-4-3-5-9-21/h6-7,14,16H,3-5,8-13H2,1-2H3/t16-/m1/s1. The Morgan fingerprint density at radius 1 is 1.07 bits per heavy atom. The molecule has 3 rings (SSSR count). The fourth-order valence-corrected chi connectivity index (χ4v) is 5.24. The van der Waals surface area contributed by atoms with Crippen LogP contribution < -0.4 is 0 Å². The van der Waals surface area contributed by atoms with Crippen LogP contribution in [0.2, 0.25) is 0 Å². The second-order valence-corrected chi connectivity index (χ2v) is 9.34. The highest BCUT2D eigenvalue weighted by Gasteiger charge is 2.30. The number of esters is 1. The Labute approximate surface area is 171 Å². The van der Waals surface area contributed by atoms with E-state index in [1.54, 1.807) is 24.8 Å². The van der Waals surface area contributed by atoms with Crippen molar-refractivity contribution in [2.75, 3.05) is 39.4 Å². The van der Waals surface area contributed by atoms with Gasteiger partial charge >= 0.3 is 5.97 Å². The van der Waals surface area contributed by atoms with E-state index in [-0.39, 0.29) is 29.5 Å². The molecule has 9 heteroatoms. The van der Waals surface area contributed by atoms with E-state index in [2.05, 4.69) is 0 Å². The predicted molar refractivity (Wildman–Crippen MR) is 106 cm³/mol. The smallest absolute Gasteiger partial charge is 0.338 e. The van der Waals surface area contributed by atoms with Crippen molar-refractivity contribution in [1.82, 2.24) is 9.21 Å². The van der Waals surface area contributed by atoms with E-state index in [0.29, 0.717) is 31.9 Å². The van der Waals surface area contributed by atoms with E-state index in [1.807, 2.05) is 0 Å². The lowest BCUT2D eigenvalue weighted by molar-refractivity contribution is -0.140. The molecule has 2 fully saturated rings. The first-order valence-electron chi connectivity index (χ1n) is 9.99. The number of amides is 1. The molecule has 1 aromatic rings. The number of hydrogen-bond acceptors (Lipinski definition) is 6. The maximum atomic E-state index is 13.0. The van der Waals surface area contributed by atoms with Crippen molar-refractivity contribution in [2.45, 2.75) is 44.1 Å². The first-order chi connectivity index (χ1) is 13.8. The molecule has 0 saturated carbocycles. The summed E-state index contributed by atoms with van der Waals surface area (Å²) in [5.74, 6) is -0.924. The zero-order chi connectivity index (χ0) is 21.0. The summed E-state index contributed by atoms with van der Waals surface area (Å²) in [6.07, 6.45) is 2.09. The van der Waals surface area contributed by atoms with Crippen LogP contribution in [0, 0.1) is 6.92 Å². The Balaban J connectivity index is 1.74. The summed E-state index contributed by atoms with van der Waals surface area (Å²) in [7, 11) is -3.74. The van der Waals surface area contributed by atoms with Crippen LogP contribution in [0.4, 0.5) is 0 Å². The van der Waals surface area contributed by atoms with Crippen LogP contribution >= 0.6 is 0 Å². The molecular weight excluding hydrogens is 396 g/mol. The van der Waals surface area contributed by atoms with Crippen molar-refractivity contribution >= 4 is 21.9 Å². The maximum Gasteiger partial charge on any atom is 0.338 e. The third-order valence-electron chi connectivity index (χ3n) is 5.31. The van der Waals surface area contributed by atoms with Crippen LogP contribution in [0.25, 0.3) is 0 Å². The summed E-state index contributed by atoms with van der Waals surface area (Å²) in [4.78, 5) is 26.9. The molecule has 1 amide bonds. The summed E-state index contributed by atoms with van der Waals surface area (Å²) in [6.45, 7) is 5.82. The number of carbonyl (C=O) groups is 2. The lowest BCUT2D eigenvalue weighted by Gasteiger charge is -2.29. The zero-order valence-corrected chi connectivity index (χ0v) is 17.7. The fraction of sp³-hybridized carbons (Fsp3) is 0.600. The Morgan fingerprint density at radius 3 is 2.38 bits per heavy atom. The molecule has 2 saturated heterocycles. The highest BCUT2D eigenvalue weighted by molar-refractivity contribution is 7.89. The molecule has 2 aliphatic rings. The van der Waals surface area contributed by atoms with E-state index in [0.717, 1.165) is 19.3 Å². The number of likely N-dealkylation sites (tertiary alicyclic amines) is 1. The molecule has 29 heavy (non-hydrogen) atoms. The highest BCUT2D eigenvalue weighted by Crippen LogP contribution is 2.23. The second kappa shape index (κ2) is 9.23. The molecule has 1 atom stereocenters. The number of ether oxygens (including phenoxy) is 2. The van der Waals surface area contributed by atoms with Gasteiger partial charge in [0.1, 0.15) is 0 Å². The number of sulfonamides is 1. The van der Waals surface area contributed by atoms with Crippen molar-refractivity contribution in [2.24, 2.45) is 0 Å². The molecule has 0 N–H and O–H groups in total. The van der Waals surface area contributed by atoms with Gasteiger partial charge in [-0.25, -0.2) is 13.2 Å². The summed E-state index contributed by atoms with van der Waals surface area (Å²) in [6, 6.07) is 4.44. The summed E-state index contributed by atoms with van der Waals surface area (Å²) in [5.41, 5.74) is 0.659. The Bertz CT molecular complexity index is 858. The van der Waals surface area contributed by atoms with Gasteiger partial charge in [-0.1, -0.05) is 6.07 Å². The third-order valence-corrected chi connectivity index (χ3v) is 7.35. The van der Waals surface area contributed by atoms with E-state index in [1.165, 1.54) is 16.4 Å². The molecule has 0 aromatic heterocycles. The van der Waals surface area contributed by atoms with Gasteiger partial charge in [-0.15, -0.1) is 0 Å². The number of nitrogens with zero attached hydrogens (tertiary/aromatic N) is 2. The molecule has 2 aliphatic heterocycles. The normalized spacial score (nSPS) is 19.6. The number of rotatable bonds is 5. The number of morpholine rings is 1. The highest BCUT2D eigenvalue weighted by atomic mass is 32.2. The Morgan fingerprint density at radius 2 is 1.72 bits per heavy atom. The topological polar surface area (TPSA) is 93.2 Å². The summed E-state index contributed by atoms with van der Waals surface area (Å²) < 4.78 is 37.9. The van der Waals surface area contributed by atoms with Gasteiger partial charge in [-0.05, 0) is 50.8 Å². The van der Waals surface area contributed by atoms with Gasteiger partial charge in [-0.3, -0.25) is 4.79 Å². The number of aryl methyl sites for hydroxylation is 1. The van der Waals surface area contributed by atoms with Crippen molar-refractivity contribution in [3.63, 3.8) is 0 Å². The molecule has 2 heterocycles. The van der Waals surface area contributed by atoms with Crippen molar-refractivity contribution in [3.05, 3.63) is 29.3 Å². The molecular formula is C20H28N2O6S. The van der Waals surface area contributed by atoms with Gasteiger partial charge in [0.25, 0.3) is 5.91 Å². The van der Waals surface area contributed by atoms with Gasteiger partial charge in [0.15, 0.2) is 6.10 Å². The Hall–Kier alpha value is -1.97. The molecule has 0 aliphatic carbocycles. The van der Waals surface area contributed by atoms with Crippen LogP contribution in [0.3, 0.4) is 0 Å². The quantitative estimate of drug-likeness (QED) is 0.666. The van der Waals surface area contributed by atoms with Crippen LogP contribution in [0.15, 0.2) is 23.1 Å². The molecule has 0 spiro atoms. The average molecular weight is 425 g/mol. The number of piperidine rings is 1. The first-order valence-corrected chi connectivity index (χ1v) is 11.4. The minimum Gasteiger partial charge on any atom is -0.449 e. The lowest BCUT2D eigenvalue weighted by atomic mass is 10.1. The minimum atomic E-state index is -3.74. The molecule has 0 radical (unpaired) electrons. The van der Waals surface area contributed by atoms with E-state index >= 15 is 0 Å². The number of carbonyl (C=O) groups excluding carboxylic acids is 2. The summed E-state index contributed by atoms with van der Waals surface area (Å²) >= 11 is 0. The zero-order valence-electron chi connectivity index (χ0n) is 16.9. The molecule has 1 aromatic carbocycles. The maximum absolute atomic E-state index is 13.0.